The first kappa shape index (κ1) is 21.0. The van der Waals surface area contributed by atoms with E-state index < -0.39 is 0 Å². The SMILES string of the molecule is CC(=O)NCCCN(C)C(=O)C=Cc1cn(-c2ccccc2)nc1-c1cccnc1. The lowest BCUT2D eigenvalue weighted by Gasteiger charge is -2.14. The highest BCUT2D eigenvalue weighted by Crippen LogP contribution is 2.24. The fourth-order valence-electron chi connectivity index (χ4n) is 2.93. The summed E-state index contributed by atoms with van der Waals surface area (Å²) in [5.74, 6) is -0.176. The van der Waals surface area contributed by atoms with E-state index in [9.17, 15) is 9.59 Å². The van der Waals surface area contributed by atoms with Crippen LogP contribution in [0.15, 0.2) is 67.1 Å². The standard InChI is InChI=1S/C23H25N5O2/c1-18(29)25-14-7-15-27(2)22(30)12-11-20-17-28(21-9-4-3-5-10-21)26-23(20)19-8-6-13-24-16-19/h3-6,8-13,16-17H,7,14-15H2,1-2H3,(H,25,29). The number of hydrogen-bond acceptors (Lipinski definition) is 4. The molecule has 3 aromatic rings. The van der Waals surface area contributed by atoms with Crippen LogP contribution in [-0.2, 0) is 9.59 Å². The first-order chi connectivity index (χ1) is 14.5. The number of nitrogens with one attached hydrogen (secondary N) is 1. The Hall–Kier alpha value is -3.74. The second-order valence-corrected chi connectivity index (χ2v) is 6.88. The zero-order chi connectivity index (χ0) is 21.3. The molecule has 0 saturated heterocycles. The molecule has 0 unspecified atom stereocenters. The summed E-state index contributed by atoms with van der Waals surface area (Å²) in [7, 11) is 1.75. The van der Waals surface area contributed by atoms with E-state index in [1.807, 2.05) is 48.7 Å². The summed E-state index contributed by atoms with van der Waals surface area (Å²) in [5, 5.41) is 7.44. The van der Waals surface area contributed by atoms with Crippen molar-refractivity contribution in [2.45, 2.75) is 13.3 Å². The first-order valence-corrected chi connectivity index (χ1v) is 9.77. The number of hydrogen-bond donors (Lipinski definition) is 1. The lowest BCUT2D eigenvalue weighted by Crippen LogP contribution is -2.29. The van der Waals surface area contributed by atoms with Crippen LogP contribution in [0.5, 0.6) is 0 Å². The van der Waals surface area contributed by atoms with Gasteiger partial charge in [0.15, 0.2) is 0 Å². The van der Waals surface area contributed by atoms with Crippen LogP contribution in [0, 0.1) is 0 Å². The molecule has 7 heteroatoms. The van der Waals surface area contributed by atoms with Crippen molar-refractivity contribution in [3.63, 3.8) is 0 Å². The zero-order valence-corrected chi connectivity index (χ0v) is 17.2. The Balaban J connectivity index is 1.78. The quantitative estimate of drug-likeness (QED) is 0.463. The van der Waals surface area contributed by atoms with Gasteiger partial charge in [0.25, 0.3) is 0 Å². The predicted molar refractivity (Wildman–Crippen MR) is 117 cm³/mol. The molecule has 2 aromatic heterocycles. The summed E-state index contributed by atoms with van der Waals surface area (Å²) in [4.78, 5) is 29.2. The molecule has 30 heavy (non-hydrogen) atoms. The molecule has 3 rings (SSSR count). The number of aromatic nitrogens is 3. The lowest BCUT2D eigenvalue weighted by atomic mass is 10.1. The molecule has 0 atom stereocenters. The van der Waals surface area contributed by atoms with Crippen molar-refractivity contribution in [1.29, 1.82) is 0 Å². The molecule has 154 valence electrons. The third kappa shape index (κ3) is 5.64. The van der Waals surface area contributed by atoms with Gasteiger partial charge in [-0.2, -0.15) is 5.10 Å². The fraction of sp³-hybridized carbons (Fsp3) is 0.217. The van der Waals surface area contributed by atoms with E-state index in [0.29, 0.717) is 19.5 Å². The number of para-hydroxylation sites is 1. The molecular formula is C23H25N5O2. The molecule has 0 bridgehead atoms. The lowest BCUT2D eigenvalue weighted by molar-refractivity contribution is -0.124. The Morgan fingerprint density at radius 2 is 1.97 bits per heavy atom. The van der Waals surface area contributed by atoms with Crippen LogP contribution in [-0.4, -0.2) is 51.6 Å². The van der Waals surface area contributed by atoms with Crippen molar-refractivity contribution in [1.82, 2.24) is 25.0 Å². The molecule has 0 aliphatic rings. The van der Waals surface area contributed by atoms with Crippen molar-refractivity contribution in [2.75, 3.05) is 20.1 Å². The maximum Gasteiger partial charge on any atom is 0.246 e. The van der Waals surface area contributed by atoms with Gasteiger partial charge in [-0.15, -0.1) is 0 Å². The Kier molecular flexibility index (Phi) is 7.10. The molecule has 0 saturated carbocycles. The van der Waals surface area contributed by atoms with Crippen molar-refractivity contribution < 1.29 is 9.59 Å². The summed E-state index contributed by atoms with van der Waals surface area (Å²) in [6.45, 7) is 2.58. The van der Waals surface area contributed by atoms with Crippen LogP contribution in [0.4, 0.5) is 0 Å². The van der Waals surface area contributed by atoms with Gasteiger partial charge in [-0.3, -0.25) is 14.6 Å². The number of benzene rings is 1. The highest BCUT2D eigenvalue weighted by molar-refractivity contribution is 5.92. The smallest absolute Gasteiger partial charge is 0.246 e. The number of pyridine rings is 1. The minimum Gasteiger partial charge on any atom is -0.356 e. The maximum absolute atomic E-state index is 12.5. The van der Waals surface area contributed by atoms with Crippen molar-refractivity contribution >= 4 is 17.9 Å². The second kappa shape index (κ2) is 10.2. The van der Waals surface area contributed by atoms with Crippen LogP contribution in [0.25, 0.3) is 23.0 Å². The normalized spacial score (nSPS) is 10.9. The monoisotopic (exact) mass is 403 g/mol. The van der Waals surface area contributed by atoms with Gasteiger partial charge in [-0.1, -0.05) is 18.2 Å². The van der Waals surface area contributed by atoms with E-state index >= 15 is 0 Å². The third-order valence-corrected chi connectivity index (χ3v) is 4.52. The van der Waals surface area contributed by atoms with Gasteiger partial charge in [0.05, 0.1) is 5.69 Å². The number of nitrogens with zero attached hydrogens (tertiary/aromatic N) is 4. The number of carbonyl (C=O) groups is 2. The predicted octanol–water partition coefficient (Wildman–Crippen LogP) is 2.93. The van der Waals surface area contributed by atoms with Crippen LogP contribution < -0.4 is 5.32 Å². The zero-order valence-electron chi connectivity index (χ0n) is 17.2. The molecule has 1 aromatic carbocycles. The van der Waals surface area contributed by atoms with Crippen LogP contribution in [0.3, 0.4) is 0 Å². The molecule has 0 spiro atoms. The Bertz CT molecular complexity index is 1010. The molecule has 0 fully saturated rings. The minimum atomic E-state index is -0.109. The summed E-state index contributed by atoms with van der Waals surface area (Å²) >= 11 is 0. The average molecular weight is 403 g/mol. The van der Waals surface area contributed by atoms with E-state index in [2.05, 4.69) is 10.3 Å². The molecule has 0 aliphatic heterocycles. The van der Waals surface area contributed by atoms with Crippen molar-refractivity contribution in [3.8, 4) is 16.9 Å². The number of amides is 2. The van der Waals surface area contributed by atoms with Gasteiger partial charge in [-0.25, -0.2) is 4.68 Å². The van der Waals surface area contributed by atoms with Crippen molar-refractivity contribution in [3.05, 3.63) is 72.7 Å². The van der Waals surface area contributed by atoms with E-state index in [1.54, 1.807) is 41.2 Å². The summed E-state index contributed by atoms with van der Waals surface area (Å²) < 4.78 is 1.80. The Labute approximate surface area is 176 Å². The van der Waals surface area contributed by atoms with Crippen molar-refractivity contribution in [2.24, 2.45) is 0 Å². The van der Waals surface area contributed by atoms with Gasteiger partial charge in [0.2, 0.25) is 11.8 Å². The third-order valence-electron chi connectivity index (χ3n) is 4.52. The Morgan fingerprint density at radius 1 is 1.17 bits per heavy atom. The number of likely N-dealkylation sites (N-methyl/N-ethyl adjacent to an activating group) is 1. The topological polar surface area (TPSA) is 80.1 Å². The van der Waals surface area contributed by atoms with Gasteiger partial charge in [0.1, 0.15) is 5.69 Å². The molecule has 2 amide bonds. The van der Waals surface area contributed by atoms with Crippen LogP contribution in [0.2, 0.25) is 0 Å². The molecular weight excluding hydrogens is 378 g/mol. The van der Waals surface area contributed by atoms with E-state index in [-0.39, 0.29) is 11.8 Å². The first-order valence-electron chi connectivity index (χ1n) is 9.77. The van der Waals surface area contributed by atoms with Gasteiger partial charge in [-0.05, 0) is 36.8 Å². The largest absolute Gasteiger partial charge is 0.356 e. The summed E-state index contributed by atoms with van der Waals surface area (Å²) in [6.07, 6.45) is 9.39. The average Bonchev–Trinajstić information content (AvgIpc) is 3.20. The van der Waals surface area contributed by atoms with Gasteiger partial charge in [0, 0.05) is 62.9 Å². The summed E-state index contributed by atoms with van der Waals surface area (Å²) in [6, 6.07) is 13.6. The second-order valence-electron chi connectivity index (χ2n) is 6.88. The van der Waals surface area contributed by atoms with E-state index in [4.69, 9.17) is 5.10 Å². The van der Waals surface area contributed by atoms with Gasteiger partial charge >= 0.3 is 0 Å². The van der Waals surface area contributed by atoms with Crippen LogP contribution in [0.1, 0.15) is 18.9 Å². The highest BCUT2D eigenvalue weighted by Gasteiger charge is 2.12. The van der Waals surface area contributed by atoms with Gasteiger partial charge < -0.3 is 10.2 Å². The van der Waals surface area contributed by atoms with E-state index in [0.717, 1.165) is 22.5 Å². The molecule has 1 N–H and O–H groups in total. The highest BCUT2D eigenvalue weighted by atomic mass is 16.2. The molecule has 7 nitrogen and oxygen atoms in total. The Morgan fingerprint density at radius 3 is 2.67 bits per heavy atom. The molecule has 0 radical (unpaired) electrons. The summed E-state index contributed by atoms with van der Waals surface area (Å²) in [5.41, 5.74) is 3.39. The molecule has 2 heterocycles. The fourth-order valence-corrected chi connectivity index (χ4v) is 2.93. The van der Waals surface area contributed by atoms with E-state index in [1.165, 1.54) is 6.92 Å². The minimum absolute atomic E-state index is 0.0674. The number of carbonyl (C=O) groups excluding carboxylic acids is 2. The molecule has 0 aliphatic carbocycles. The number of rotatable bonds is 8. The van der Waals surface area contributed by atoms with Crippen LogP contribution >= 0.6 is 0 Å². The maximum atomic E-state index is 12.5.